The quantitative estimate of drug-likeness (QED) is 0.806. The molecule has 1 aromatic rings. The number of morpholine rings is 1. The minimum atomic E-state index is -0.236. The number of benzene rings is 1. The number of hydrogen-bond donors (Lipinski definition) is 1. The van der Waals surface area contributed by atoms with Crippen LogP contribution in [0.2, 0.25) is 0 Å². The molecule has 1 fully saturated rings. The fourth-order valence-corrected chi connectivity index (χ4v) is 1.92. The average Bonchev–Trinajstić information content (AvgIpc) is 2.47. The zero-order chi connectivity index (χ0) is 13.5. The maximum atomic E-state index is 11.8. The SMILES string of the molecule is O=C(CC(=O)N1CCOCC1)NCc1ccccc1. The van der Waals surface area contributed by atoms with Crippen molar-refractivity contribution in [3.63, 3.8) is 0 Å². The lowest BCUT2D eigenvalue weighted by Gasteiger charge is -2.26. The maximum Gasteiger partial charge on any atom is 0.232 e. The van der Waals surface area contributed by atoms with Crippen molar-refractivity contribution in [1.29, 1.82) is 0 Å². The van der Waals surface area contributed by atoms with E-state index in [-0.39, 0.29) is 18.2 Å². The molecule has 1 N–H and O–H groups in total. The van der Waals surface area contributed by atoms with Crippen LogP contribution in [0.5, 0.6) is 0 Å². The molecule has 1 saturated heterocycles. The van der Waals surface area contributed by atoms with Gasteiger partial charge < -0.3 is 15.0 Å². The monoisotopic (exact) mass is 262 g/mol. The predicted octanol–water partition coefficient (Wildman–Crippen LogP) is 0.552. The molecule has 0 unspecified atom stereocenters. The van der Waals surface area contributed by atoms with Crippen molar-refractivity contribution >= 4 is 11.8 Å². The third kappa shape index (κ3) is 4.37. The van der Waals surface area contributed by atoms with Crippen LogP contribution >= 0.6 is 0 Å². The summed E-state index contributed by atoms with van der Waals surface area (Å²) < 4.78 is 5.17. The Balaban J connectivity index is 1.73. The van der Waals surface area contributed by atoms with Gasteiger partial charge in [-0.05, 0) is 5.56 Å². The highest BCUT2D eigenvalue weighted by Crippen LogP contribution is 2.01. The summed E-state index contributed by atoms with van der Waals surface area (Å²) in [4.78, 5) is 25.2. The van der Waals surface area contributed by atoms with Gasteiger partial charge in [-0.1, -0.05) is 30.3 Å². The molecule has 0 bridgehead atoms. The Morgan fingerprint density at radius 2 is 1.84 bits per heavy atom. The first kappa shape index (κ1) is 13.5. The molecule has 0 atom stereocenters. The van der Waals surface area contributed by atoms with Crippen LogP contribution in [0.15, 0.2) is 30.3 Å². The largest absolute Gasteiger partial charge is 0.378 e. The van der Waals surface area contributed by atoms with E-state index in [1.807, 2.05) is 30.3 Å². The Morgan fingerprint density at radius 1 is 1.16 bits per heavy atom. The number of rotatable bonds is 4. The van der Waals surface area contributed by atoms with Gasteiger partial charge in [0.05, 0.1) is 13.2 Å². The summed E-state index contributed by atoms with van der Waals surface area (Å²) in [6.45, 7) is 2.71. The zero-order valence-electron chi connectivity index (χ0n) is 10.8. The summed E-state index contributed by atoms with van der Waals surface area (Å²) in [5.41, 5.74) is 1.02. The maximum absolute atomic E-state index is 11.8. The van der Waals surface area contributed by atoms with Crippen LogP contribution in [0.4, 0.5) is 0 Å². The minimum absolute atomic E-state index is 0.0904. The molecular weight excluding hydrogens is 244 g/mol. The van der Waals surface area contributed by atoms with Gasteiger partial charge in [-0.2, -0.15) is 0 Å². The molecule has 1 aromatic carbocycles. The number of carbonyl (C=O) groups is 2. The Morgan fingerprint density at radius 3 is 2.53 bits per heavy atom. The summed E-state index contributed by atoms with van der Waals surface area (Å²) in [5.74, 6) is -0.366. The molecule has 1 aliphatic heterocycles. The highest BCUT2D eigenvalue weighted by molar-refractivity contribution is 5.96. The van der Waals surface area contributed by atoms with Crippen LogP contribution in [0.25, 0.3) is 0 Å². The van der Waals surface area contributed by atoms with Gasteiger partial charge in [0.2, 0.25) is 11.8 Å². The smallest absolute Gasteiger partial charge is 0.232 e. The Hall–Kier alpha value is -1.88. The normalized spacial score (nSPS) is 15.1. The van der Waals surface area contributed by atoms with E-state index in [1.54, 1.807) is 4.90 Å². The lowest BCUT2D eigenvalue weighted by atomic mass is 10.2. The van der Waals surface area contributed by atoms with Gasteiger partial charge in [0, 0.05) is 19.6 Å². The van der Waals surface area contributed by atoms with E-state index < -0.39 is 0 Å². The number of nitrogens with one attached hydrogen (secondary N) is 1. The van der Waals surface area contributed by atoms with Crippen molar-refractivity contribution in [2.75, 3.05) is 26.3 Å². The molecule has 5 nitrogen and oxygen atoms in total. The molecule has 102 valence electrons. The molecule has 0 aliphatic carbocycles. The summed E-state index contributed by atoms with van der Waals surface area (Å²) >= 11 is 0. The van der Waals surface area contributed by atoms with E-state index in [4.69, 9.17) is 4.74 Å². The molecule has 0 aromatic heterocycles. The number of amides is 2. The summed E-state index contributed by atoms with van der Waals surface area (Å²) in [6, 6.07) is 9.63. The van der Waals surface area contributed by atoms with Crippen molar-refractivity contribution < 1.29 is 14.3 Å². The summed E-state index contributed by atoms with van der Waals surface area (Å²) in [5, 5.41) is 2.75. The van der Waals surface area contributed by atoms with E-state index in [1.165, 1.54) is 0 Å². The number of nitrogens with zero attached hydrogens (tertiary/aromatic N) is 1. The van der Waals surface area contributed by atoms with Gasteiger partial charge in [-0.25, -0.2) is 0 Å². The third-order valence-corrected chi connectivity index (χ3v) is 3.01. The highest BCUT2D eigenvalue weighted by Gasteiger charge is 2.19. The standard InChI is InChI=1S/C14H18N2O3/c17-13(15-11-12-4-2-1-3-5-12)10-14(18)16-6-8-19-9-7-16/h1-5H,6-11H2,(H,15,17). The van der Waals surface area contributed by atoms with Gasteiger partial charge in [-0.15, -0.1) is 0 Å². The Kier molecular flexibility index (Phi) is 4.92. The number of carbonyl (C=O) groups excluding carboxylic acids is 2. The first-order valence-corrected chi connectivity index (χ1v) is 6.42. The number of hydrogen-bond acceptors (Lipinski definition) is 3. The average molecular weight is 262 g/mol. The van der Waals surface area contributed by atoms with Crippen molar-refractivity contribution in [1.82, 2.24) is 10.2 Å². The molecule has 2 amide bonds. The van der Waals surface area contributed by atoms with Gasteiger partial charge in [-0.3, -0.25) is 9.59 Å². The minimum Gasteiger partial charge on any atom is -0.378 e. The fourth-order valence-electron chi connectivity index (χ4n) is 1.92. The van der Waals surface area contributed by atoms with Crippen LogP contribution in [0.3, 0.4) is 0 Å². The second kappa shape index (κ2) is 6.89. The van der Waals surface area contributed by atoms with E-state index in [0.29, 0.717) is 32.8 Å². The summed E-state index contributed by atoms with van der Waals surface area (Å²) in [7, 11) is 0. The highest BCUT2D eigenvalue weighted by atomic mass is 16.5. The van der Waals surface area contributed by atoms with Crippen LogP contribution in [0.1, 0.15) is 12.0 Å². The molecule has 0 radical (unpaired) electrons. The number of ether oxygens (including phenoxy) is 1. The molecule has 19 heavy (non-hydrogen) atoms. The van der Waals surface area contributed by atoms with E-state index in [2.05, 4.69) is 5.32 Å². The Bertz CT molecular complexity index is 428. The lowest BCUT2D eigenvalue weighted by molar-refractivity contribution is -0.139. The van der Waals surface area contributed by atoms with Crippen molar-refractivity contribution in [3.05, 3.63) is 35.9 Å². The molecule has 1 heterocycles. The molecule has 0 spiro atoms. The van der Waals surface area contributed by atoms with Crippen molar-refractivity contribution in [3.8, 4) is 0 Å². The van der Waals surface area contributed by atoms with Gasteiger partial charge in [0.25, 0.3) is 0 Å². The summed E-state index contributed by atoms with van der Waals surface area (Å²) in [6.07, 6.45) is -0.0904. The van der Waals surface area contributed by atoms with Crippen LogP contribution in [-0.2, 0) is 20.9 Å². The topological polar surface area (TPSA) is 58.6 Å². The third-order valence-electron chi connectivity index (χ3n) is 3.01. The van der Waals surface area contributed by atoms with Gasteiger partial charge in [0.15, 0.2) is 0 Å². The molecule has 2 rings (SSSR count). The van der Waals surface area contributed by atoms with Crippen molar-refractivity contribution in [2.45, 2.75) is 13.0 Å². The zero-order valence-corrected chi connectivity index (χ0v) is 10.8. The lowest BCUT2D eigenvalue weighted by Crippen LogP contribution is -2.42. The molecule has 5 heteroatoms. The first-order chi connectivity index (χ1) is 9.25. The molecule has 0 saturated carbocycles. The first-order valence-electron chi connectivity index (χ1n) is 6.42. The van der Waals surface area contributed by atoms with Crippen LogP contribution in [0, 0.1) is 0 Å². The van der Waals surface area contributed by atoms with E-state index >= 15 is 0 Å². The van der Waals surface area contributed by atoms with E-state index in [0.717, 1.165) is 5.56 Å². The van der Waals surface area contributed by atoms with E-state index in [9.17, 15) is 9.59 Å². The Labute approximate surface area is 112 Å². The van der Waals surface area contributed by atoms with Crippen LogP contribution < -0.4 is 5.32 Å². The molecular formula is C14H18N2O3. The fraction of sp³-hybridized carbons (Fsp3) is 0.429. The van der Waals surface area contributed by atoms with Gasteiger partial charge >= 0.3 is 0 Å². The predicted molar refractivity (Wildman–Crippen MR) is 70.3 cm³/mol. The van der Waals surface area contributed by atoms with Crippen molar-refractivity contribution in [2.24, 2.45) is 0 Å². The van der Waals surface area contributed by atoms with Gasteiger partial charge in [0.1, 0.15) is 6.42 Å². The second-order valence-electron chi connectivity index (χ2n) is 4.43. The van der Waals surface area contributed by atoms with Crippen LogP contribution in [-0.4, -0.2) is 43.0 Å². The second-order valence-corrected chi connectivity index (χ2v) is 4.43. The molecule has 1 aliphatic rings.